The third-order valence-corrected chi connectivity index (χ3v) is 13.7. The van der Waals surface area contributed by atoms with Gasteiger partial charge in [-0.05, 0) is 140 Å². The van der Waals surface area contributed by atoms with Crippen LogP contribution in [0.25, 0.3) is 54.9 Å². The van der Waals surface area contributed by atoms with E-state index in [4.69, 9.17) is 25.4 Å². The molecular formula is C61H40O4. The van der Waals surface area contributed by atoms with E-state index in [1.54, 1.807) is 0 Å². The van der Waals surface area contributed by atoms with Gasteiger partial charge in [-0.2, -0.15) is 0 Å². The van der Waals surface area contributed by atoms with E-state index in [-0.39, 0.29) is 6.61 Å². The standard InChI is InChI=1S/C61H40O4/c1-3-32-63-43-27-29-45-41(35-43)25-31-57-59(45)51(37-61(65-57)54-22-11-7-18-48(54)49-19-8-12-23-55(49)61)39-15-13-14-38(33-39)50-36-60(52-20-9-5-16-46(52)47-17-6-10-21-53(47)60)64-56-30-24-40-34-42(62-4-2)26-28-44(40)58(50)56/h1,5-31,33-37H,4,32H2,2H3. The third kappa shape index (κ3) is 5.39. The predicted octanol–water partition coefficient (Wildman–Crippen LogP) is 13.9. The van der Waals surface area contributed by atoms with Crippen molar-refractivity contribution in [3.8, 4) is 57.6 Å². The van der Waals surface area contributed by atoms with E-state index in [0.717, 1.165) is 100 Å². The number of hydrogen-bond acceptors (Lipinski definition) is 4. The molecule has 0 saturated heterocycles. The van der Waals surface area contributed by atoms with Crippen LogP contribution in [0.1, 0.15) is 51.4 Å². The Morgan fingerprint density at radius 3 is 1.32 bits per heavy atom. The highest BCUT2D eigenvalue weighted by Crippen LogP contribution is 2.58. The molecule has 308 valence electrons. The molecule has 2 aliphatic heterocycles. The van der Waals surface area contributed by atoms with E-state index in [0.29, 0.717) is 6.61 Å². The van der Waals surface area contributed by atoms with Gasteiger partial charge in [-0.1, -0.05) is 133 Å². The molecule has 0 aromatic heterocycles. The summed E-state index contributed by atoms with van der Waals surface area (Å²) in [6.45, 7) is 2.81. The van der Waals surface area contributed by atoms with Crippen LogP contribution in [0.3, 0.4) is 0 Å². The van der Waals surface area contributed by atoms with Gasteiger partial charge in [0.05, 0.1) is 6.61 Å². The van der Waals surface area contributed by atoms with Gasteiger partial charge in [0.15, 0.2) is 11.2 Å². The van der Waals surface area contributed by atoms with Gasteiger partial charge in [0, 0.05) is 33.4 Å². The zero-order valence-electron chi connectivity index (χ0n) is 35.6. The molecule has 0 fully saturated rings. The summed E-state index contributed by atoms with van der Waals surface area (Å²) in [6.07, 6.45) is 10.3. The second-order valence-electron chi connectivity index (χ2n) is 17.1. The van der Waals surface area contributed by atoms with Crippen LogP contribution < -0.4 is 18.9 Å². The Hall–Kier alpha value is -8.26. The van der Waals surface area contributed by atoms with Crippen molar-refractivity contribution in [3.05, 3.63) is 239 Å². The van der Waals surface area contributed by atoms with Gasteiger partial charge in [0.25, 0.3) is 0 Å². The van der Waals surface area contributed by atoms with Gasteiger partial charge in [-0.3, -0.25) is 0 Å². The molecule has 4 aliphatic rings. The third-order valence-electron chi connectivity index (χ3n) is 13.7. The van der Waals surface area contributed by atoms with Crippen LogP contribution in [0.4, 0.5) is 0 Å². The Morgan fingerprint density at radius 2 is 0.892 bits per heavy atom. The van der Waals surface area contributed by atoms with Crippen LogP contribution in [0.2, 0.25) is 0 Å². The van der Waals surface area contributed by atoms with Crippen LogP contribution >= 0.6 is 0 Å². The Bertz CT molecular complexity index is 3510. The van der Waals surface area contributed by atoms with E-state index in [9.17, 15) is 0 Å². The normalized spacial score (nSPS) is 15.0. The molecule has 2 spiro atoms. The summed E-state index contributed by atoms with van der Waals surface area (Å²) in [5.41, 5.74) is 13.9. The van der Waals surface area contributed by atoms with Gasteiger partial charge in [-0.15, -0.1) is 6.42 Å². The SMILES string of the molecule is C#CCOc1ccc2c3c(ccc2c1)OC1(C=C3c2cccc(C3=CC4(Oc5ccc6cc(OCC)ccc6c53)c3ccccc3-c3ccccc34)c2)c2ccccc2-c2ccccc21. The Balaban J connectivity index is 1.08. The van der Waals surface area contributed by atoms with Gasteiger partial charge < -0.3 is 18.9 Å². The first-order chi connectivity index (χ1) is 32.1. The molecule has 9 aromatic carbocycles. The van der Waals surface area contributed by atoms with E-state index >= 15 is 0 Å². The van der Waals surface area contributed by atoms with Crippen molar-refractivity contribution in [1.29, 1.82) is 0 Å². The molecule has 2 heterocycles. The van der Waals surface area contributed by atoms with Gasteiger partial charge in [0.2, 0.25) is 0 Å². The maximum atomic E-state index is 7.42. The summed E-state index contributed by atoms with van der Waals surface area (Å²) < 4.78 is 26.7. The molecule has 4 nitrogen and oxygen atoms in total. The van der Waals surface area contributed by atoms with Crippen LogP contribution in [-0.2, 0) is 11.2 Å². The van der Waals surface area contributed by atoms with Crippen molar-refractivity contribution in [3.63, 3.8) is 0 Å². The van der Waals surface area contributed by atoms with Crippen LogP contribution in [0.15, 0.2) is 194 Å². The fourth-order valence-electron chi connectivity index (χ4n) is 11.0. The minimum Gasteiger partial charge on any atom is -0.494 e. The highest BCUT2D eigenvalue weighted by atomic mass is 16.5. The molecule has 9 aromatic rings. The average molecular weight is 837 g/mol. The number of ether oxygens (including phenoxy) is 4. The summed E-state index contributed by atoms with van der Waals surface area (Å²) in [4.78, 5) is 0. The van der Waals surface area contributed by atoms with Gasteiger partial charge in [-0.25, -0.2) is 0 Å². The lowest BCUT2D eigenvalue weighted by atomic mass is 9.79. The minimum absolute atomic E-state index is 0.199. The second kappa shape index (κ2) is 14.1. The first-order valence-corrected chi connectivity index (χ1v) is 22.2. The van der Waals surface area contributed by atoms with Crippen molar-refractivity contribution in [1.82, 2.24) is 0 Å². The molecule has 2 aliphatic carbocycles. The van der Waals surface area contributed by atoms with Gasteiger partial charge in [0.1, 0.15) is 29.6 Å². The van der Waals surface area contributed by atoms with E-state index < -0.39 is 11.2 Å². The predicted molar refractivity (Wildman–Crippen MR) is 261 cm³/mol. The molecular weight excluding hydrogens is 797 g/mol. The monoisotopic (exact) mass is 836 g/mol. The number of hydrogen-bond donors (Lipinski definition) is 0. The number of benzene rings is 9. The lowest BCUT2D eigenvalue weighted by Gasteiger charge is -2.37. The molecule has 0 unspecified atom stereocenters. The summed E-state index contributed by atoms with van der Waals surface area (Å²) in [7, 11) is 0. The first kappa shape index (κ1) is 37.3. The number of rotatable bonds is 6. The molecule has 4 heteroatoms. The molecule has 0 radical (unpaired) electrons. The fourth-order valence-corrected chi connectivity index (χ4v) is 11.0. The summed E-state index contributed by atoms with van der Waals surface area (Å²) in [5.74, 6) is 5.81. The maximum Gasteiger partial charge on any atom is 0.179 e. The van der Waals surface area contributed by atoms with Crippen LogP contribution in [0, 0.1) is 12.3 Å². The highest BCUT2D eigenvalue weighted by Gasteiger charge is 2.49. The smallest absolute Gasteiger partial charge is 0.179 e. The Kier molecular flexibility index (Phi) is 8.11. The quantitative estimate of drug-likeness (QED) is 0.156. The highest BCUT2D eigenvalue weighted by molar-refractivity contribution is 6.05. The molecule has 0 N–H and O–H groups in total. The zero-order valence-corrected chi connectivity index (χ0v) is 35.6. The van der Waals surface area contributed by atoms with Gasteiger partial charge >= 0.3 is 0 Å². The van der Waals surface area contributed by atoms with Crippen molar-refractivity contribution in [2.45, 2.75) is 18.1 Å². The first-order valence-electron chi connectivity index (χ1n) is 22.2. The number of terminal acetylenes is 1. The molecule has 0 saturated carbocycles. The van der Waals surface area contributed by atoms with Crippen molar-refractivity contribution >= 4 is 32.7 Å². The lowest BCUT2D eigenvalue weighted by Crippen LogP contribution is -2.33. The molecule has 0 atom stereocenters. The Morgan fingerprint density at radius 1 is 0.462 bits per heavy atom. The summed E-state index contributed by atoms with van der Waals surface area (Å²) >= 11 is 0. The van der Waals surface area contributed by atoms with Crippen molar-refractivity contribution < 1.29 is 18.9 Å². The van der Waals surface area contributed by atoms with E-state index in [1.807, 2.05) is 13.0 Å². The van der Waals surface area contributed by atoms with Crippen LogP contribution in [-0.4, -0.2) is 13.2 Å². The number of fused-ring (bicyclic) bond motifs is 16. The van der Waals surface area contributed by atoms with E-state index in [1.165, 1.54) is 22.3 Å². The second-order valence-corrected chi connectivity index (χ2v) is 17.1. The van der Waals surface area contributed by atoms with Crippen molar-refractivity contribution in [2.24, 2.45) is 0 Å². The zero-order chi connectivity index (χ0) is 43.3. The fraction of sp³-hybridized carbons (Fsp3) is 0.0820. The topological polar surface area (TPSA) is 36.9 Å². The molecule has 65 heavy (non-hydrogen) atoms. The van der Waals surface area contributed by atoms with E-state index in [2.05, 4.69) is 194 Å². The summed E-state index contributed by atoms with van der Waals surface area (Å²) in [6, 6.07) is 64.8. The maximum absolute atomic E-state index is 7.42. The summed E-state index contributed by atoms with van der Waals surface area (Å²) in [5, 5.41) is 4.28. The van der Waals surface area contributed by atoms with Crippen LogP contribution in [0.5, 0.6) is 23.0 Å². The lowest BCUT2D eigenvalue weighted by molar-refractivity contribution is 0.165. The van der Waals surface area contributed by atoms with Crippen molar-refractivity contribution in [2.75, 3.05) is 13.2 Å². The minimum atomic E-state index is -0.866. The molecule has 0 bridgehead atoms. The largest absolute Gasteiger partial charge is 0.494 e. The Labute approximate surface area is 377 Å². The molecule has 0 amide bonds. The average Bonchev–Trinajstić information content (AvgIpc) is 3.78. The molecule has 13 rings (SSSR count).